The van der Waals surface area contributed by atoms with Crippen molar-refractivity contribution in [1.82, 2.24) is 0 Å². The maximum atomic E-state index is 11.1. The Bertz CT molecular complexity index is 222. The van der Waals surface area contributed by atoms with E-state index < -0.39 is 16.4 Å². The van der Waals surface area contributed by atoms with Crippen LogP contribution in [0.4, 0.5) is 0 Å². The summed E-state index contributed by atoms with van der Waals surface area (Å²) in [5, 5.41) is 8.48. The van der Waals surface area contributed by atoms with Crippen molar-refractivity contribution < 1.29 is 9.53 Å². The summed E-state index contributed by atoms with van der Waals surface area (Å²) >= 11 is 5.54. The third-order valence-corrected chi connectivity index (χ3v) is 1.23. The first-order chi connectivity index (χ1) is 5.19. The fourth-order valence-electron chi connectivity index (χ4n) is 0.420. The molecule has 0 amide bonds. The second-order valence-electron chi connectivity index (χ2n) is 3.62. The molecular formula is C8H12ClNO2. The summed E-state index contributed by atoms with van der Waals surface area (Å²) in [6.07, 6.45) is 0. The molecule has 0 aromatic carbocycles. The monoisotopic (exact) mass is 189 g/mol. The zero-order valence-electron chi connectivity index (χ0n) is 7.64. The van der Waals surface area contributed by atoms with Gasteiger partial charge in [-0.05, 0) is 27.7 Å². The fraction of sp³-hybridized carbons (Fsp3) is 0.750. The van der Waals surface area contributed by atoms with Crippen molar-refractivity contribution in [2.45, 2.75) is 38.2 Å². The predicted molar refractivity (Wildman–Crippen MR) is 45.7 cm³/mol. The third kappa shape index (κ3) is 3.59. The Labute approximate surface area is 77.3 Å². The summed E-state index contributed by atoms with van der Waals surface area (Å²) in [6.45, 7) is 6.46. The van der Waals surface area contributed by atoms with Crippen molar-refractivity contribution in [2.75, 3.05) is 0 Å². The van der Waals surface area contributed by atoms with E-state index in [0.717, 1.165) is 0 Å². The largest absolute Gasteiger partial charge is 0.458 e. The maximum absolute atomic E-state index is 11.1. The molecule has 0 saturated carbocycles. The van der Waals surface area contributed by atoms with E-state index in [1.165, 1.54) is 6.92 Å². The highest BCUT2D eigenvalue weighted by molar-refractivity contribution is 6.35. The number of ether oxygens (including phenoxy) is 1. The van der Waals surface area contributed by atoms with E-state index in [9.17, 15) is 4.79 Å². The van der Waals surface area contributed by atoms with Crippen LogP contribution in [-0.4, -0.2) is 16.4 Å². The van der Waals surface area contributed by atoms with Crippen LogP contribution in [0.15, 0.2) is 0 Å². The van der Waals surface area contributed by atoms with Crippen LogP contribution in [0.5, 0.6) is 0 Å². The molecule has 0 aliphatic rings. The SMILES string of the molecule is CC(C)(C)OC(=O)C(C)(Cl)C#N. The van der Waals surface area contributed by atoms with E-state index >= 15 is 0 Å². The maximum Gasteiger partial charge on any atom is 0.342 e. The molecule has 0 fully saturated rings. The topological polar surface area (TPSA) is 50.1 Å². The van der Waals surface area contributed by atoms with Gasteiger partial charge < -0.3 is 4.74 Å². The zero-order valence-corrected chi connectivity index (χ0v) is 8.40. The van der Waals surface area contributed by atoms with Crippen LogP contribution < -0.4 is 0 Å². The van der Waals surface area contributed by atoms with Crippen molar-refractivity contribution in [3.8, 4) is 6.07 Å². The van der Waals surface area contributed by atoms with E-state index in [1.54, 1.807) is 26.8 Å². The van der Waals surface area contributed by atoms with Gasteiger partial charge in [0.1, 0.15) is 5.60 Å². The predicted octanol–water partition coefficient (Wildman–Crippen LogP) is 1.85. The number of carbonyl (C=O) groups excluding carboxylic acids is 1. The van der Waals surface area contributed by atoms with Gasteiger partial charge in [-0.3, -0.25) is 0 Å². The molecule has 0 bridgehead atoms. The summed E-state index contributed by atoms with van der Waals surface area (Å²) in [5.74, 6) is -0.709. The molecule has 0 N–H and O–H groups in total. The molecule has 4 heteroatoms. The number of esters is 1. The fourth-order valence-corrected chi connectivity index (χ4v) is 0.458. The number of nitrogens with zero attached hydrogens (tertiary/aromatic N) is 1. The molecule has 0 rings (SSSR count). The minimum Gasteiger partial charge on any atom is -0.458 e. The van der Waals surface area contributed by atoms with Gasteiger partial charge in [-0.25, -0.2) is 4.79 Å². The number of hydrogen-bond donors (Lipinski definition) is 0. The molecule has 3 nitrogen and oxygen atoms in total. The van der Waals surface area contributed by atoms with E-state index in [4.69, 9.17) is 21.6 Å². The first kappa shape index (κ1) is 11.2. The average molecular weight is 190 g/mol. The van der Waals surface area contributed by atoms with Gasteiger partial charge >= 0.3 is 5.97 Å². The van der Waals surface area contributed by atoms with Crippen molar-refractivity contribution in [1.29, 1.82) is 5.26 Å². The highest BCUT2D eigenvalue weighted by Gasteiger charge is 2.35. The van der Waals surface area contributed by atoms with Crippen LogP contribution in [0.2, 0.25) is 0 Å². The van der Waals surface area contributed by atoms with Gasteiger partial charge in [0.05, 0.1) is 6.07 Å². The molecule has 0 aromatic rings. The summed E-state index contributed by atoms with van der Waals surface area (Å²) < 4.78 is 4.90. The average Bonchev–Trinajstić information content (AvgIpc) is 1.84. The van der Waals surface area contributed by atoms with Crippen LogP contribution in [0.1, 0.15) is 27.7 Å². The number of nitriles is 1. The van der Waals surface area contributed by atoms with E-state index in [1.807, 2.05) is 0 Å². The summed E-state index contributed by atoms with van der Waals surface area (Å²) in [6, 6.07) is 1.65. The lowest BCUT2D eigenvalue weighted by Gasteiger charge is -2.22. The third-order valence-electron chi connectivity index (χ3n) is 0.992. The van der Waals surface area contributed by atoms with Crippen LogP contribution in [0.3, 0.4) is 0 Å². The van der Waals surface area contributed by atoms with Gasteiger partial charge in [0.25, 0.3) is 0 Å². The van der Waals surface area contributed by atoms with Crippen LogP contribution in [0.25, 0.3) is 0 Å². The normalized spacial score (nSPS) is 16.0. The van der Waals surface area contributed by atoms with Crippen molar-refractivity contribution in [2.24, 2.45) is 0 Å². The Morgan fingerprint density at radius 3 is 2.08 bits per heavy atom. The van der Waals surface area contributed by atoms with Crippen molar-refractivity contribution >= 4 is 17.6 Å². The van der Waals surface area contributed by atoms with Crippen LogP contribution in [-0.2, 0) is 9.53 Å². The molecule has 0 heterocycles. The molecule has 1 atom stereocenters. The summed E-state index contributed by atoms with van der Waals surface area (Å²) in [4.78, 5) is 9.56. The van der Waals surface area contributed by atoms with Gasteiger partial charge in [0, 0.05) is 0 Å². The Kier molecular flexibility index (Phi) is 3.11. The Morgan fingerprint density at radius 2 is 1.83 bits per heavy atom. The van der Waals surface area contributed by atoms with E-state index in [0.29, 0.717) is 0 Å². The van der Waals surface area contributed by atoms with E-state index in [2.05, 4.69) is 0 Å². The minimum atomic E-state index is -1.58. The van der Waals surface area contributed by atoms with Gasteiger partial charge in [-0.2, -0.15) is 5.26 Å². The first-order valence-corrected chi connectivity index (χ1v) is 3.90. The lowest BCUT2D eigenvalue weighted by atomic mass is 10.1. The highest BCUT2D eigenvalue weighted by Crippen LogP contribution is 2.19. The van der Waals surface area contributed by atoms with E-state index in [-0.39, 0.29) is 0 Å². The van der Waals surface area contributed by atoms with Gasteiger partial charge in [-0.1, -0.05) is 11.6 Å². The quantitative estimate of drug-likeness (QED) is 0.467. The molecule has 0 saturated heterocycles. The second kappa shape index (κ2) is 3.32. The molecule has 68 valence electrons. The Balaban J connectivity index is 4.37. The molecule has 0 aliphatic heterocycles. The standard InChI is InChI=1S/C8H12ClNO2/c1-7(2,3)12-6(11)8(4,9)5-10/h1-4H3. The van der Waals surface area contributed by atoms with Crippen LogP contribution >= 0.6 is 11.6 Å². The number of halogens is 1. The van der Waals surface area contributed by atoms with Crippen molar-refractivity contribution in [3.05, 3.63) is 0 Å². The Morgan fingerprint density at radius 1 is 1.42 bits per heavy atom. The molecule has 12 heavy (non-hydrogen) atoms. The second-order valence-corrected chi connectivity index (χ2v) is 4.37. The van der Waals surface area contributed by atoms with Gasteiger partial charge in [0.2, 0.25) is 4.87 Å². The molecular weight excluding hydrogens is 178 g/mol. The van der Waals surface area contributed by atoms with Crippen LogP contribution in [0, 0.1) is 11.3 Å². The summed E-state index contributed by atoms with van der Waals surface area (Å²) in [5.41, 5.74) is -0.607. The molecule has 0 radical (unpaired) electrons. The van der Waals surface area contributed by atoms with Gasteiger partial charge in [-0.15, -0.1) is 0 Å². The lowest BCUT2D eigenvalue weighted by Crippen LogP contribution is -2.35. The number of carbonyl (C=O) groups is 1. The first-order valence-electron chi connectivity index (χ1n) is 3.52. The smallest absolute Gasteiger partial charge is 0.342 e. The minimum absolute atomic E-state index is 0.607. The molecule has 0 aromatic heterocycles. The van der Waals surface area contributed by atoms with Gasteiger partial charge in [0.15, 0.2) is 0 Å². The lowest BCUT2D eigenvalue weighted by molar-refractivity contribution is -0.156. The molecule has 1 unspecified atom stereocenters. The molecule has 0 spiro atoms. The molecule has 0 aliphatic carbocycles. The zero-order chi connectivity index (χ0) is 9.99. The highest BCUT2D eigenvalue weighted by atomic mass is 35.5. The number of hydrogen-bond acceptors (Lipinski definition) is 3. The van der Waals surface area contributed by atoms with Crippen molar-refractivity contribution in [3.63, 3.8) is 0 Å². The summed E-state index contributed by atoms with van der Waals surface area (Å²) in [7, 11) is 0. The number of alkyl halides is 1. The number of rotatable bonds is 1. The Hall–Kier alpha value is -0.750.